The Bertz CT molecular complexity index is 585. The van der Waals surface area contributed by atoms with Gasteiger partial charge in [-0.2, -0.15) is 0 Å². The van der Waals surface area contributed by atoms with Crippen molar-refractivity contribution in [3.8, 4) is 0 Å². The first-order chi connectivity index (χ1) is 11.2. The molecular weight excluding hydrogens is 427 g/mol. The average Bonchev–Trinajstić information content (AvgIpc) is 2.46. The maximum Gasteiger partial charge on any atom is 0.167 e. The molecule has 0 heterocycles. The van der Waals surface area contributed by atoms with E-state index in [2.05, 4.69) is 0 Å². The van der Waals surface area contributed by atoms with Crippen LogP contribution in [-0.4, -0.2) is 62.6 Å². The van der Waals surface area contributed by atoms with Gasteiger partial charge in [-0.25, -0.2) is 0 Å². The van der Waals surface area contributed by atoms with Crippen LogP contribution in [0, 0.1) is 0 Å². The van der Waals surface area contributed by atoms with Crippen molar-refractivity contribution in [3.05, 3.63) is 39.4 Å². The summed E-state index contributed by atoms with van der Waals surface area (Å²) in [6.07, 6.45) is 2.18. The standard InChI is InChI=1S/C18H24Cl2N2O2.BrH/c1-21(2)7-5-17(23)16(18(24)6-8-22(3)4)11-13-9-14(19)12-15(20)10-13;/h9-12H,5-8H2,1-4H3;1H. The second-order valence-corrected chi connectivity index (χ2v) is 7.09. The third-order valence-electron chi connectivity index (χ3n) is 3.37. The summed E-state index contributed by atoms with van der Waals surface area (Å²) in [4.78, 5) is 28.9. The summed E-state index contributed by atoms with van der Waals surface area (Å²) >= 11 is 12.0. The van der Waals surface area contributed by atoms with Crippen molar-refractivity contribution in [2.45, 2.75) is 12.8 Å². The van der Waals surface area contributed by atoms with Crippen LogP contribution in [0.3, 0.4) is 0 Å². The van der Waals surface area contributed by atoms with Gasteiger partial charge in [-0.3, -0.25) is 9.59 Å². The summed E-state index contributed by atoms with van der Waals surface area (Å²) in [5.74, 6) is -0.327. The normalized spacial score (nSPS) is 10.6. The number of hydrogen-bond donors (Lipinski definition) is 0. The Balaban J connectivity index is 0.00000576. The minimum Gasteiger partial charge on any atom is -0.309 e. The van der Waals surface area contributed by atoms with Crippen molar-refractivity contribution in [1.29, 1.82) is 0 Å². The predicted octanol–water partition coefficient (Wildman–Crippen LogP) is 4.00. The lowest BCUT2D eigenvalue weighted by Crippen LogP contribution is -2.23. The first kappa shape index (κ1) is 24.3. The Morgan fingerprint density at radius 3 is 1.64 bits per heavy atom. The van der Waals surface area contributed by atoms with Crippen molar-refractivity contribution in [1.82, 2.24) is 9.80 Å². The number of rotatable bonds is 9. The van der Waals surface area contributed by atoms with Gasteiger partial charge in [0.15, 0.2) is 11.6 Å². The molecule has 1 aromatic carbocycles. The molecule has 0 aliphatic carbocycles. The smallest absolute Gasteiger partial charge is 0.167 e. The monoisotopic (exact) mass is 450 g/mol. The number of hydrogen-bond acceptors (Lipinski definition) is 4. The lowest BCUT2D eigenvalue weighted by atomic mass is 9.98. The van der Waals surface area contributed by atoms with Gasteiger partial charge in [-0.15, -0.1) is 17.0 Å². The highest BCUT2D eigenvalue weighted by Crippen LogP contribution is 2.22. The van der Waals surface area contributed by atoms with Crippen molar-refractivity contribution in [2.24, 2.45) is 0 Å². The molecule has 0 N–H and O–H groups in total. The van der Waals surface area contributed by atoms with Crippen LogP contribution in [0.5, 0.6) is 0 Å². The van der Waals surface area contributed by atoms with Gasteiger partial charge < -0.3 is 9.80 Å². The molecule has 1 aromatic rings. The molecule has 1 rings (SSSR count). The van der Waals surface area contributed by atoms with E-state index in [1.54, 1.807) is 24.3 Å². The van der Waals surface area contributed by atoms with Crippen LogP contribution in [0.25, 0.3) is 6.08 Å². The maximum absolute atomic E-state index is 12.5. The molecule has 0 atom stereocenters. The first-order valence-corrected chi connectivity index (χ1v) is 8.48. The number of Topliss-reactive ketones (excluding diaryl/α,β-unsaturated/α-hetero) is 2. The van der Waals surface area contributed by atoms with Crippen LogP contribution in [0.4, 0.5) is 0 Å². The minimum absolute atomic E-state index is 0. The van der Waals surface area contributed by atoms with Gasteiger partial charge in [-0.05, 0) is 58.0 Å². The fourth-order valence-corrected chi connectivity index (χ4v) is 2.60. The molecule has 25 heavy (non-hydrogen) atoms. The molecule has 0 aromatic heterocycles. The molecule has 140 valence electrons. The summed E-state index contributed by atoms with van der Waals surface area (Å²) < 4.78 is 0. The number of benzene rings is 1. The Morgan fingerprint density at radius 2 is 1.28 bits per heavy atom. The SMILES string of the molecule is Br.CN(C)CCC(=O)C(=Cc1cc(Cl)cc(Cl)c1)C(=O)CCN(C)C. The highest BCUT2D eigenvalue weighted by atomic mass is 79.9. The summed E-state index contributed by atoms with van der Waals surface area (Å²) in [6.45, 7) is 1.18. The Labute approximate surface area is 170 Å². The third kappa shape index (κ3) is 9.52. The highest BCUT2D eigenvalue weighted by molar-refractivity contribution is 8.93. The van der Waals surface area contributed by atoms with Gasteiger partial charge in [0.05, 0.1) is 5.57 Å². The number of allylic oxidation sites excluding steroid dienone is 1. The number of halogens is 3. The van der Waals surface area contributed by atoms with E-state index in [1.807, 2.05) is 38.0 Å². The van der Waals surface area contributed by atoms with Gasteiger partial charge in [0, 0.05) is 36.0 Å². The van der Waals surface area contributed by atoms with Crippen LogP contribution in [0.15, 0.2) is 23.8 Å². The second-order valence-electron chi connectivity index (χ2n) is 6.21. The molecule has 0 unspecified atom stereocenters. The van der Waals surface area contributed by atoms with E-state index in [9.17, 15) is 9.59 Å². The predicted molar refractivity (Wildman–Crippen MR) is 111 cm³/mol. The lowest BCUT2D eigenvalue weighted by molar-refractivity contribution is -0.121. The van der Waals surface area contributed by atoms with Crippen molar-refractivity contribution < 1.29 is 9.59 Å². The molecule has 0 aliphatic heterocycles. The molecule has 0 radical (unpaired) electrons. The van der Waals surface area contributed by atoms with Crippen LogP contribution in [0.2, 0.25) is 10.0 Å². The molecule has 0 saturated heterocycles. The largest absolute Gasteiger partial charge is 0.309 e. The van der Waals surface area contributed by atoms with E-state index in [1.165, 1.54) is 0 Å². The van der Waals surface area contributed by atoms with Crippen LogP contribution in [0.1, 0.15) is 18.4 Å². The van der Waals surface area contributed by atoms with Gasteiger partial charge in [0.25, 0.3) is 0 Å². The molecule has 0 saturated carbocycles. The quantitative estimate of drug-likeness (QED) is 0.323. The molecule has 0 amide bonds. The first-order valence-electron chi connectivity index (χ1n) is 7.72. The second kappa shape index (κ2) is 11.8. The zero-order chi connectivity index (χ0) is 18.3. The zero-order valence-electron chi connectivity index (χ0n) is 15.0. The molecule has 0 bridgehead atoms. The van der Waals surface area contributed by atoms with Crippen LogP contribution >= 0.6 is 40.2 Å². The van der Waals surface area contributed by atoms with Crippen LogP contribution < -0.4 is 0 Å². The average molecular weight is 452 g/mol. The third-order valence-corrected chi connectivity index (χ3v) is 3.81. The van der Waals surface area contributed by atoms with E-state index >= 15 is 0 Å². The molecule has 7 heteroatoms. The van der Waals surface area contributed by atoms with E-state index in [4.69, 9.17) is 23.2 Å². The minimum atomic E-state index is -0.163. The van der Waals surface area contributed by atoms with E-state index in [-0.39, 0.29) is 34.1 Å². The number of nitrogens with zero attached hydrogens (tertiary/aromatic N) is 2. The van der Waals surface area contributed by atoms with E-state index < -0.39 is 0 Å². The Kier molecular flexibility index (Phi) is 11.5. The van der Waals surface area contributed by atoms with Gasteiger partial charge in [0.2, 0.25) is 0 Å². The van der Waals surface area contributed by atoms with Crippen molar-refractivity contribution >= 4 is 57.8 Å². The summed E-state index contributed by atoms with van der Waals surface area (Å²) in [5.41, 5.74) is 0.857. The number of ketones is 2. The number of carbonyl (C=O) groups excluding carboxylic acids is 2. The molecule has 4 nitrogen and oxygen atoms in total. The van der Waals surface area contributed by atoms with Crippen molar-refractivity contribution in [3.63, 3.8) is 0 Å². The van der Waals surface area contributed by atoms with Gasteiger partial charge in [-0.1, -0.05) is 23.2 Å². The molecular formula is C18H25BrCl2N2O2. The number of carbonyl (C=O) groups is 2. The Hall–Kier alpha value is -0.720. The topological polar surface area (TPSA) is 40.6 Å². The van der Waals surface area contributed by atoms with Gasteiger partial charge >= 0.3 is 0 Å². The van der Waals surface area contributed by atoms with Gasteiger partial charge in [0.1, 0.15) is 0 Å². The molecule has 0 aliphatic rings. The maximum atomic E-state index is 12.5. The summed E-state index contributed by atoms with van der Waals surface area (Å²) in [5, 5.41) is 0.934. The fourth-order valence-electron chi connectivity index (χ4n) is 2.06. The molecule has 0 spiro atoms. The Morgan fingerprint density at radius 1 is 0.880 bits per heavy atom. The fraction of sp³-hybridized carbons (Fsp3) is 0.444. The summed E-state index contributed by atoms with van der Waals surface area (Å²) in [6, 6.07) is 4.99. The van der Waals surface area contributed by atoms with E-state index in [0.717, 1.165) is 0 Å². The van der Waals surface area contributed by atoms with Crippen LogP contribution in [-0.2, 0) is 9.59 Å². The highest BCUT2D eigenvalue weighted by Gasteiger charge is 2.18. The van der Waals surface area contributed by atoms with Crippen molar-refractivity contribution in [2.75, 3.05) is 41.3 Å². The molecule has 0 fully saturated rings. The van der Waals surface area contributed by atoms with E-state index in [0.29, 0.717) is 41.5 Å². The zero-order valence-corrected chi connectivity index (χ0v) is 18.2. The summed E-state index contributed by atoms with van der Waals surface area (Å²) in [7, 11) is 7.56. The lowest BCUT2D eigenvalue weighted by Gasteiger charge is -2.12.